The van der Waals surface area contributed by atoms with Crippen molar-refractivity contribution in [3.8, 4) is 0 Å². The van der Waals surface area contributed by atoms with Crippen molar-refractivity contribution in [2.75, 3.05) is 7.05 Å². The molecule has 0 fully saturated rings. The first-order chi connectivity index (χ1) is 8.69. The maximum atomic E-state index is 4.27. The van der Waals surface area contributed by atoms with Crippen LogP contribution in [-0.2, 0) is 6.42 Å². The normalized spacial score (nSPS) is 12.4. The van der Waals surface area contributed by atoms with Gasteiger partial charge in [0.2, 0.25) is 0 Å². The van der Waals surface area contributed by atoms with Gasteiger partial charge in [0.25, 0.3) is 0 Å². The molecule has 1 aromatic carbocycles. The van der Waals surface area contributed by atoms with Gasteiger partial charge in [-0.2, -0.15) is 0 Å². The SMILES string of the molecule is CNC(Cc1ccc(I)cc1)c1cncc(C)c1. The van der Waals surface area contributed by atoms with Gasteiger partial charge >= 0.3 is 0 Å². The van der Waals surface area contributed by atoms with E-state index in [4.69, 9.17) is 0 Å². The molecule has 0 aliphatic rings. The first-order valence-corrected chi connectivity index (χ1v) is 7.10. The Hall–Kier alpha value is -0.940. The van der Waals surface area contributed by atoms with Crippen LogP contribution in [0.1, 0.15) is 22.7 Å². The highest BCUT2D eigenvalue weighted by atomic mass is 127. The number of likely N-dealkylation sites (N-methyl/N-ethyl adjacent to an activating group) is 1. The van der Waals surface area contributed by atoms with Gasteiger partial charge in [0.15, 0.2) is 0 Å². The Morgan fingerprint density at radius 3 is 2.56 bits per heavy atom. The lowest BCUT2D eigenvalue weighted by atomic mass is 9.99. The summed E-state index contributed by atoms with van der Waals surface area (Å²) < 4.78 is 1.27. The van der Waals surface area contributed by atoms with Gasteiger partial charge in [-0.1, -0.05) is 18.2 Å². The quantitative estimate of drug-likeness (QED) is 0.852. The fourth-order valence-electron chi connectivity index (χ4n) is 2.01. The van der Waals surface area contributed by atoms with E-state index in [-0.39, 0.29) is 0 Å². The topological polar surface area (TPSA) is 24.9 Å². The summed E-state index contributed by atoms with van der Waals surface area (Å²) in [5.74, 6) is 0. The van der Waals surface area contributed by atoms with Crippen molar-refractivity contribution < 1.29 is 0 Å². The van der Waals surface area contributed by atoms with Crippen molar-refractivity contribution in [2.45, 2.75) is 19.4 Å². The molecule has 0 aliphatic carbocycles. The third-order valence-corrected chi connectivity index (χ3v) is 3.72. The molecule has 0 bridgehead atoms. The first-order valence-electron chi connectivity index (χ1n) is 6.02. The van der Waals surface area contributed by atoms with E-state index >= 15 is 0 Å². The molecule has 2 nitrogen and oxygen atoms in total. The highest BCUT2D eigenvalue weighted by molar-refractivity contribution is 14.1. The second kappa shape index (κ2) is 6.29. The summed E-state index contributed by atoms with van der Waals surface area (Å²) >= 11 is 2.33. The van der Waals surface area contributed by atoms with Crippen molar-refractivity contribution in [1.82, 2.24) is 10.3 Å². The number of halogens is 1. The molecule has 0 aliphatic heterocycles. The molecule has 18 heavy (non-hydrogen) atoms. The van der Waals surface area contributed by atoms with Gasteiger partial charge in [-0.3, -0.25) is 4.98 Å². The standard InChI is InChI=1S/C15H17IN2/c1-11-7-13(10-18-9-11)15(17-2)8-12-3-5-14(16)6-4-12/h3-7,9-10,15,17H,8H2,1-2H3. The number of benzene rings is 1. The molecule has 0 amide bonds. The van der Waals surface area contributed by atoms with E-state index in [2.05, 4.69) is 70.1 Å². The zero-order valence-corrected chi connectivity index (χ0v) is 12.8. The lowest BCUT2D eigenvalue weighted by molar-refractivity contribution is 0.589. The van der Waals surface area contributed by atoms with Gasteiger partial charge < -0.3 is 5.32 Å². The van der Waals surface area contributed by atoms with Crippen LogP contribution in [0.3, 0.4) is 0 Å². The van der Waals surface area contributed by atoms with E-state index in [1.807, 2.05) is 19.4 Å². The molecule has 1 unspecified atom stereocenters. The summed E-state index contributed by atoms with van der Waals surface area (Å²) in [7, 11) is 2.00. The fraction of sp³-hybridized carbons (Fsp3) is 0.267. The number of pyridine rings is 1. The Bertz CT molecular complexity index is 508. The van der Waals surface area contributed by atoms with Crippen LogP contribution in [0.4, 0.5) is 0 Å². The van der Waals surface area contributed by atoms with Crippen LogP contribution < -0.4 is 5.32 Å². The van der Waals surface area contributed by atoms with E-state index in [0.29, 0.717) is 6.04 Å². The number of nitrogens with one attached hydrogen (secondary N) is 1. The molecule has 0 radical (unpaired) electrons. The van der Waals surface area contributed by atoms with Crippen molar-refractivity contribution >= 4 is 22.6 Å². The van der Waals surface area contributed by atoms with Crippen LogP contribution >= 0.6 is 22.6 Å². The van der Waals surface area contributed by atoms with E-state index in [1.54, 1.807) is 0 Å². The Morgan fingerprint density at radius 2 is 1.94 bits per heavy atom. The molecule has 1 atom stereocenters. The van der Waals surface area contributed by atoms with Crippen LogP contribution in [0.2, 0.25) is 0 Å². The van der Waals surface area contributed by atoms with E-state index < -0.39 is 0 Å². The number of rotatable bonds is 4. The Balaban J connectivity index is 2.17. The van der Waals surface area contributed by atoms with Crippen LogP contribution in [0.25, 0.3) is 0 Å². The minimum atomic E-state index is 0.317. The van der Waals surface area contributed by atoms with Crippen molar-refractivity contribution in [3.63, 3.8) is 0 Å². The van der Waals surface area contributed by atoms with E-state index in [1.165, 1.54) is 20.3 Å². The maximum absolute atomic E-state index is 4.27. The zero-order valence-electron chi connectivity index (χ0n) is 10.7. The summed E-state index contributed by atoms with van der Waals surface area (Å²) in [5, 5.41) is 3.37. The van der Waals surface area contributed by atoms with Crippen molar-refractivity contribution in [3.05, 3.63) is 63.0 Å². The van der Waals surface area contributed by atoms with Crippen LogP contribution in [-0.4, -0.2) is 12.0 Å². The number of hydrogen-bond acceptors (Lipinski definition) is 2. The van der Waals surface area contributed by atoms with Gasteiger partial charge in [-0.25, -0.2) is 0 Å². The van der Waals surface area contributed by atoms with Crippen LogP contribution in [0, 0.1) is 10.5 Å². The minimum Gasteiger partial charge on any atom is -0.313 e. The van der Waals surface area contributed by atoms with E-state index in [0.717, 1.165) is 6.42 Å². The summed E-state index contributed by atoms with van der Waals surface area (Å²) in [6, 6.07) is 11.2. The molecule has 2 aromatic rings. The molecule has 1 aromatic heterocycles. The monoisotopic (exact) mass is 352 g/mol. The molecule has 1 heterocycles. The molecule has 0 saturated carbocycles. The number of aromatic nitrogens is 1. The smallest absolute Gasteiger partial charge is 0.0373 e. The second-order valence-corrected chi connectivity index (χ2v) is 5.71. The average molecular weight is 352 g/mol. The predicted molar refractivity (Wildman–Crippen MR) is 83.6 cm³/mol. The number of nitrogens with zero attached hydrogens (tertiary/aromatic N) is 1. The Morgan fingerprint density at radius 1 is 1.22 bits per heavy atom. The molecule has 3 heteroatoms. The molecular formula is C15H17IN2. The van der Waals surface area contributed by atoms with Gasteiger partial charge in [0.1, 0.15) is 0 Å². The van der Waals surface area contributed by atoms with E-state index in [9.17, 15) is 0 Å². The zero-order chi connectivity index (χ0) is 13.0. The first kappa shape index (κ1) is 13.5. The van der Waals surface area contributed by atoms with Crippen LogP contribution in [0.15, 0.2) is 42.7 Å². The number of aryl methyl sites for hydroxylation is 1. The Kier molecular flexibility index (Phi) is 4.72. The molecule has 0 saturated heterocycles. The third-order valence-electron chi connectivity index (χ3n) is 3.00. The van der Waals surface area contributed by atoms with Crippen molar-refractivity contribution in [2.24, 2.45) is 0 Å². The largest absolute Gasteiger partial charge is 0.313 e. The summed E-state index contributed by atoms with van der Waals surface area (Å²) in [4.78, 5) is 4.27. The van der Waals surface area contributed by atoms with Gasteiger partial charge in [0, 0.05) is 22.0 Å². The summed E-state index contributed by atoms with van der Waals surface area (Å²) in [6.45, 7) is 2.08. The molecule has 1 N–H and O–H groups in total. The molecule has 94 valence electrons. The molecule has 2 rings (SSSR count). The minimum absolute atomic E-state index is 0.317. The fourth-order valence-corrected chi connectivity index (χ4v) is 2.37. The highest BCUT2D eigenvalue weighted by Gasteiger charge is 2.10. The van der Waals surface area contributed by atoms with Gasteiger partial charge in [-0.05, 0) is 71.8 Å². The van der Waals surface area contributed by atoms with Gasteiger partial charge in [-0.15, -0.1) is 0 Å². The number of hydrogen-bond donors (Lipinski definition) is 1. The maximum Gasteiger partial charge on any atom is 0.0373 e. The highest BCUT2D eigenvalue weighted by Crippen LogP contribution is 2.19. The summed E-state index contributed by atoms with van der Waals surface area (Å²) in [6.07, 6.45) is 4.82. The van der Waals surface area contributed by atoms with Crippen LogP contribution in [0.5, 0.6) is 0 Å². The summed E-state index contributed by atoms with van der Waals surface area (Å²) in [5.41, 5.74) is 3.79. The second-order valence-electron chi connectivity index (χ2n) is 4.47. The molecular weight excluding hydrogens is 335 g/mol. The lowest BCUT2D eigenvalue weighted by Crippen LogP contribution is -2.19. The predicted octanol–water partition coefficient (Wildman–Crippen LogP) is 3.50. The lowest BCUT2D eigenvalue weighted by Gasteiger charge is -2.17. The van der Waals surface area contributed by atoms with Crippen molar-refractivity contribution in [1.29, 1.82) is 0 Å². The average Bonchev–Trinajstić information content (AvgIpc) is 2.38. The Labute approximate surface area is 122 Å². The third kappa shape index (κ3) is 3.53. The molecule has 0 spiro atoms. The van der Waals surface area contributed by atoms with Gasteiger partial charge in [0.05, 0.1) is 0 Å².